The van der Waals surface area contributed by atoms with Crippen LogP contribution in [0.5, 0.6) is 0 Å². The third-order valence-corrected chi connectivity index (χ3v) is 2.24. The van der Waals surface area contributed by atoms with Crippen LogP contribution in [0.3, 0.4) is 0 Å². The molecule has 1 amide bonds. The molecule has 4 heteroatoms. The van der Waals surface area contributed by atoms with Crippen LogP contribution in [0.25, 0.3) is 0 Å². The van der Waals surface area contributed by atoms with E-state index in [9.17, 15) is 4.79 Å². The Hall–Kier alpha value is -1.89. The first-order valence-electron chi connectivity index (χ1n) is 5.16. The molecular weight excluding hydrogens is 202 g/mol. The summed E-state index contributed by atoms with van der Waals surface area (Å²) in [4.78, 5) is 15.7. The van der Waals surface area contributed by atoms with Gasteiger partial charge in [-0.2, -0.15) is 5.26 Å². The number of pyridine rings is 1. The first-order valence-corrected chi connectivity index (χ1v) is 5.16. The van der Waals surface area contributed by atoms with E-state index >= 15 is 0 Å². The molecule has 0 saturated heterocycles. The van der Waals surface area contributed by atoms with Crippen LogP contribution < -0.4 is 5.32 Å². The molecule has 0 bridgehead atoms. The molecule has 1 N–H and O–H groups in total. The number of hydrogen-bond donors (Lipinski definition) is 1. The van der Waals surface area contributed by atoms with Crippen LogP contribution in [0.4, 0.5) is 0 Å². The summed E-state index contributed by atoms with van der Waals surface area (Å²) in [7, 11) is 0. The van der Waals surface area contributed by atoms with Crippen LogP contribution >= 0.6 is 0 Å². The molecule has 1 aromatic heterocycles. The van der Waals surface area contributed by atoms with Crippen LogP contribution in [0.2, 0.25) is 0 Å². The number of amides is 1. The van der Waals surface area contributed by atoms with Crippen molar-refractivity contribution in [1.29, 1.82) is 5.26 Å². The lowest BCUT2D eigenvalue weighted by atomic mass is 9.95. The van der Waals surface area contributed by atoms with Crippen LogP contribution in [0, 0.1) is 16.7 Å². The maximum absolute atomic E-state index is 11.5. The Labute approximate surface area is 95.3 Å². The van der Waals surface area contributed by atoms with E-state index in [1.165, 1.54) is 0 Å². The van der Waals surface area contributed by atoms with E-state index in [0.717, 1.165) is 5.69 Å². The van der Waals surface area contributed by atoms with E-state index in [1.54, 1.807) is 20.0 Å². The standard InChI is InChI=1S/C12H15N3O/c1-12(2,9-13)11(16)15-8-6-10-5-3-4-7-14-10/h3-5,7H,6,8H2,1-2H3,(H,15,16). The average molecular weight is 217 g/mol. The number of carbonyl (C=O) groups is 1. The summed E-state index contributed by atoms with van der Waals surface area (Å²) in [6.07, 6.45) is 2.39. The van der Waals surface area contributed by atoms with Gasteiger partial charge >= 0.3 is 0 Å². The molecule has 16 heavy (non-hydrogen) atoms. The second-order valence-corrected chi connectivity index (χ2v) is 4.06. The highest BCUT2D eigenvalue weighted by molar-refractivity contribution is 5.84. The largest absolute Gasteiger partial charge is 0.354 e. The minimum absolute atomic E-state index is 0.245. The molecule has 0 aromatic carbocycles. The topological polar surface area (TPSA) is 65.8 Å². The van der Waals surface area contributed by atoms with Crippen LogP contribution in [0.15, 0.2) is 24.4 Å². The fourth-order valence-corrected chi connectivity index (χ4v) is 1.12. The van der Waals surface area contributed by atoms with E-state index < -0.39 is 5.41 Å². The Bertz CT molecular complexity index is 392. The summed E-state index contributed by atoms with van der Waals surface area (Å²) in [5, 5.41) is 11.5. The average Bonchev–Trinajstić information content (AvgIpc) is 2.30. The molecule has 1 rings (SSSR count). The highest BCUT2D eigenvalue weighted by atomic mass is 16.2. The molecule has 4 nitrogen and oxygen atoms in total. The van der Waals surface area contributed by atoms with E-state index in [4.69, 9.17) is 5.26 Å². The maximum atomic E-state index is 11.5. The fourth-order valence-electron chi connectivity index (χ4n) is 1.12. The molecule has 0 aliphatic heterocycles. The zero-order valence-electron chi connectivity index (χ0n) is 9.53. The molecule has 1 aromatic rings. The smallest absolute Gasteiger partial charge is 0.239 e. The predicted octanol–water partition coefficient (Wildman–Crippen LogP) is 1.29. The van der Waals surface area contributed by atoms with Crippen molar-refractivity contribution in [1.82, 2.24) is 10.3 Å². The highest BCUT2D eigenvalue weighted by Crippen LogP contribution is 2.12. The monoisotopic (exact) mass is 217 g/mol. The molecule has 84 valence electrons. The van der Waals surface area contributed by atoms with Crippen molar-refractivity contribution in [2.45, 2.75) is 20.3 Å². The molecule has 0 saturated carbocycles. The van der Waals surface area contributed by atoms with Crippen LogP contribution in [0.1, 0.15) is 19.5 Å². The first kappa shape index (κ1) is 12.2. The number of rotatable bonds is 4. The lowest BCUT2D eigenvalue weighted by Gasteiger charge is -2.14. The number of carbonyl (C=O) groups excluding carboxylic acids is 1. The predicted molar refractivity (Wildman–Crippen MR) is 60.3 cm³/mol. The summed E-state index contributed by atoms with van der Waals surface area (Å²) in [6.45, 7) is 3.70. The van der Waals surface area contributed by atoms with E-state index in [-0.39, 0.29) is 5.91 Å². The van der Waals surface area contributed by atoms with Gasteiger partial charge in [0.05, 0.1) is 6.07 Å². The number of nitriles is 1. The van der Waals surface area contributed by atoms with Crippen molar-refractivity contribution in [3.8, 4) is 6.07 Å². The van der Waals surface area contributed by atoms with E-state index in [2.05, 4.69) is 10.3 Å². The normalized spacial score (nSPS) is 10.6. The zero-order chi connectivity index (χ0) is 12.0. The molecule has 0 radical (unpaired) electrons. The van der Waals surface area contributed by atoms with Gasteiger partial charge in [-0.05, 0) is 26.0 Å². The van der Waals surface area contributed by atoms with E-state index in [0.29, 0.717) is 13.0 Å². The minimum atomic E-state index is -0.968. The minimum Gasteiger partial charge on any atom is -0.354 e. The summed E-state index contributed by atoms with van der Waals surface area (Å²) >= 11 is 0. The van der Waals surface area contributed by atoms with Gasteiger partial charge in [-0.3, -0.25) is 9.78 Å². The van der Waals surface area contributed by atoms with Gasteiger partial charge in [0.2, 0.25) is 5.91 Å². The van der Waals surface area contributed by atoms with Gasteiger partial charge in [0, 0.05) is 24.9 Å². The van der Waals surface area contributed by atoms with Gasteiger partial charge in [0.25, 0.3) is 0 Å². The van der Waals surface area contributed by atoms with Crippen molar-refractivity contribution in [2.75, 3.05) is 6.54 Å². The van der Waals surface area contributed by atoms with Crippen LogP contribution in [-0.2, 0) is 11.2 Å². The Balaban J connectivity index is 2.38. The molecule has 0 atom stereocenters. The van der Waals surface area contributed by atoms with Crippen molar-refractivity contribution in [3.05, 3.63) is 30.1 Å². The number of hydrogen-bond acceptors (Lipinski definition) is 3. The van der Waals surface area contributed by atoms with Gasteiger partial charge in [0.1, 0.15) is 5.41 Å². The maximum Gasteiger partial charge on any atom is 0.239 e. The van der Waals surface area contributed by atoms with Crippen molar-refractivity contribution >= 4 is 5.91 Å². The van der Waals surface area contributed by atoms with Crippen molar-refractivity contribution in [3.63, 3.8) is 0 Å². The molecule has 0 aliphatic rings. The fraction of sp³-hybridized carbons (Fsp3) is 0.417. The summed E-state index contributed by atoms with van der Waals surface area (Å²) in [5.74, 6) is -0.245. The first-order chi connectivity index (χ1) is 7.56. The Morgan fingerprint density at radius 2 is 2.31 bits per heavy atom. The summed E-state index contributed by atoms with van der Waals surface area (Å²) < 4.78 is 0. The number of aromatic nitrogens is 1. The highest BCUT2D eigenvalue weighted by Gasteiger charge is 2.26. The van der Waals surface area contributed by atoms with Gasteiger partial charge in [-0.15, -0.1) is 0 Å². The number of nitrogens with zero attached hydrogens (tertiary/aromatic N) is 2. The van der Waals surface area contributed by atoms with Gasteiger partial charge in [-0.25, -0.2) is 0 Å². The Morgan fingerprint density at radius 1 is 1.56 bits per heavy atom. The molecule has 0 unspecified atom stereocenters. The SMILES string of the molecule is CC(C)(C#N)C(=O)NCCc1ccccn1. The van der Waals surface area contributed by atoms with Crippen molar-refractivity contribution in [2.24, 2.45) is 5.41 Å². The third kappa shape index (κ3) is 3.35. The van der Waals surface area contributed by atoms with Gasteiger partial charge < -0.3 is 5.32 Å². The lowest BCUT2D eigenvalue weighted by Crippen LogP contribution is -2.37. The van der Waals surface area contributed by atoms with Gasteiger partial charge in [-0.1, -0.05) is 6.07 Å². The van der Waals surface area contributed by atoms with E-state index in [1.807, 2.05) is 24.3 Å². The zero-order valence-corrected chi connectivity index (χ0v) is 9.53. The number of nitrogens with one attached hydrogen (secondary N) is 1. The van der Waals surface area contributed by atoms with Gasteiger partial charge in [0.15, 0.2) is 0 Å². The summed E-state index contributed by atoms with van der Waals surface area (Å²) in [6, 6.07) is 7.62. The quantitative estimate of drug-likeness (QED) is 0.826. The lowest BCUT2D eigenvalue weighted by molar-refractivity contribution is -0.126. The third-order valence-electron chi connectivity index (χ3n) is 2.24. The Kier molecular flexibility index (Phi) is 4.01. The Morgan fingerprint density at radius 3 is 2.88 bits per heavy atom. The molecular formula is C12H15N3O. The van der Waals surface area contributed by atoms with Crippen molar-refractivity contribution < 1.29 is 4.79 Å². The molecule has 1 heterocycles. The summed E-state index contributed by atoms with van der Waals surface area (Å²) in [5.41, 5.74) is -0.0398. The molecule has 0 fully saturated rings. The molecule has 0 aliphatic carbocycles. The molecule has 0 spiro atoms. The second kappa shape index (κ2) is 5.26. The second-order valence-electron chi connectivity index (χ2n) is 4.06. The van der Waals surface area contributed by atoms with Crippen LogP contribution in [-0.4, -0.2) is 17.4 Å².